The predicted molar refractivity (Wildman–Crippen MR) is 137 cm³/mol. The standard InChI is InChI=1S/C24H32F2N8O2/c1-24(2,35)14-9-15(25)16(26)10-18(14)30-22-28-13-29-23(32-22)31-19-11-17(27)20(12-21(19)36-6)34(5)8-7-33(3)4/h9-13,35H,7-8,27H2,1-6H3,(H2,28,29,30,31,32). The monoisotopic (exact) mass is 502 g/mol. The zero-order chi connectivity index (χ0) is 26.6. The van der Waals surface area contributed by atoms with Gasteiger partial charge in [0.1, 0.15) is 12.1 Å². The lowest BCUT2D eigenvalue weighted by molar-refractivity contribution is 0.0789. The fraction of sp³-hybridized carbons (Fsp3) is 0.375. The van der Waals surface area contributed by atoms with Crippen LogP contribution in [0, 0.1) is 11.6 Å². The number of nitrogens with zero attached hydrogens (tertiary/aromatic N) is 5. The Morgan fingerprint density at radius 3 is 2.17 bits per heavy atom. The number of anilines is 6. The third kappa shape index (κ3) is 6.46. The van der Waals surface area contributed by atoms with E-state index in [0.717, 1.165) is 30.9 Å². The molecular formula is C24H32F2N8O2. The van der Waals surface area contributed by atoms with E-state index in [9.17, 15) is 13.9 Å². The van der Waals surface area contributed by atoms with Crippen molar-refractivity contribution in [2.45, 2.75) is 19.4 Å². The van der Waals surface area contributed by atoms with Gasteiger partial charge in [0, 0.05) is 37.8 Å². The van der Waals surface area contributed by atoms with Gasteiger partial charge in [0.05, 0.1) is 35.5 Å². The highest BCUT2D eigenvalue weighted by atomic mass is 19.2. The number of aromatic nitrogens is 3. The van der Waals surface area contributed by atoms with E-state index < -0.39 is 17.2 Å². The Balaban J connectivity index is 1.87. The summed E-state index contributed by atoms with van der Waals surface area (Å²) in [6, 6.07) is 5.42. The van der Waals surface area contributed by atoms with E-state index in [1.54, 1.807) is 13.2 Å². The molecule has 0 aliphatic carbocycles. The summed E-state index contributed by atoms with van der Waals surface area (Å²) in [5, 5.41) is 16.3. The third-order valence-electron chi connectivity index (χ3n) is 5.43. The first-order chi connectivity index (χ1) is 16.9. The lowest BCUT2D eigenvalue weighted by Crippen LogP contribution is -2.29. The van der Waals surface area contributed by atoms with Gasteiger partial charge in [0.25, 0.3) is 0 Å². The maximum absolute atomic E-state index is 13.9. The Morgan fingerprint density at radius 2 is 1.58 bits per heavy atom. The molecule has 0 bridgehead atoms. The zero-order valence-electron chi connectivity index (χ0n) is 21.2. The Morgan fingerprint density at radius 1 is 0.972 bits per heavy atom. The molecule has 0 amide bonds. The number of methoxy groups -OCH3 is 1. The number of rotatable bonds is 10. The van der Waals surface area contributed by atoms with Crippen LogP contribution < -0.4 is 26.0 Å². The van der Waals surface area contributed by atoms with Crippen LogP contribution in [0.2, 0.25) is 0 Å². The average Bonchev–Trinajstić information content (AvgIpc) is 2.79. The summed E-state index contributed by atoms with van der Waals surface area (Å²) >= 11 is 0. The van der Waals surface area contributed by atoms with Crippen LogP contribution in [0.15, 0.2) is 30.6 Å². The van der Waals surface area contributed by atoms with Gasteiger partial charge in [-0.3, -0.25) is 0 Å². The van der Waals surface area contributed by atoms with Crippen LogP contribution in [-0.4, -0.2) is 66.3 Å². The minimum Gasteiger partial charge on any atom is -0.494 e. The van der Waals surface area contributed by atoms with E-state index >= 15 is 0 Å². The van der Waals surface area contributed by atoms with Crippen molar-refractivity contribution in [2.24, 2.45) is 0 Å². The van der Waals surface area contributed by atoms with Crippen LogP contribution in [0.3, 0.4) is 0 Å². The topological polar surface area (TPSA) is 125 Å². The third-order valence-corrected chi connectivity index (χ3v) is 5.43. The summed E-state index contributed by atoms with van der Waals surface area (Å²) in [6.45, 7) is 4.55. The minimum atomic E-state index is -1.45. The molecule has 12 heteroatoms. The summed E-state index contributed by atoms with van der Waals surface area (Å²) in [6.07, 6.45) is 1.25. The maximum Gasteiger partial charge on any atom is 0.232 e. The number of benzene rings is 2. The Kier molecular flexibility index (Phi) is 8.10. The number of likely N-dealkylation sites (N-methyl/N-ethyl adjacent to an activating group) is 2. The van der Waals surface area contributed by atoms with Crippen molar-refractivity contribution in [1.82, 2.24) is 19.9 Å². The van der Waals surface area contributed by atoms with Crippen molar-refractivity contribution >= 4 is 34.6 Å². The van der Waals surface area contributed by atoms with Crippen molar-refractivity contribution < 1.29 is 18.6 Å². The molecule has 5 N–H and O–H groups in total. The molecule has 194 valence electrons. The number of hydrogen-bond donors (Lipinski definition) is 4. The van der Waals surface area contributed by atoms with Crippen LogP contribution in [0.4, 0.5) is 43.4 Å². The molecule has 1 aromatic heterocycles. The second-order valence-corrected chi connectivity index (χ2v) is 9.09. The lowest BCUT2D eigenvalue weighted by Gasteiger charge is -2.24. The summed E-state index contributed by atoms with van der Waals surface area (Å²) in [5.74, 6) is -1.41. The van der Waals surface area contributed by atoms with Gasteiger partial charge in [0.15, 0.2) is 11.6 Å². The van der Waals surface area contributed by atoms with Gasteiger partial charge < -0.3 is 36.0 Å². The maximum atomic E-state index is 13.9. The molecule has 2 aromatic carbocycles. The van der Waals surface area contributed by atoms with Gasteiger partial charge in [-0.05, 0) is 40.1 Å². The second kappa shape index (κ2) is 10.9. The van der Waals surface area contributed by atoms with Crippen LogP contribution in [0.5, 0.6) is 5.75 Å². The van der Waals surface area contributed by atoms with Gasteiger partial charge in [0.2, 0.25) is 11.9 Å². The first kappa shape index (κ1) is 26.8. The number of aliphatic hydroxyl groups is 1. The SMILES string of the molecule is COc1cc(N(C)CCN(C)C)c(N)cc1Nc1ncnc(Nc2cc(F)c(F)cc2C(C)(C)O)n1. The predicted octanol–water partition coefficient (Wildman–Crippen LogP) is 3.45. The van der Waals surface area contributed by atoms with Gasteiger partial charge in [-0.2, -0.15) is 4.98 Å². The largest absolute Gasteiger partial charge is 0.494 e. The Bertz CT molecular complexity index is 1220. The summed E-state index contributed by atoms with van der Waals surface area (Å²) in [5.41, 5.74) is 7.00. The molecule has 0 aliphatic heterocycles. The van der Waals surface area contributed by atoms with Crippen LogP contribution in [0.25, 0.3) is 0 Å². The van der Waals surface area contributed by atoms with Crippen molar-refractivity contribution in [3.63, 3.8) is 0 Å². The van der Waals surface area contributed by atoms with E-state index in [1.807, 2.05) is 32.1 Å². The zero-order valence-corrected chi connectivity index (χ0v) is 21.2. The van der Waals surface area contributed by atoms with Crippen molar-refractivity contribution in [3.05, 3.63) is 47.8 Å². The first-order valence-corrected chi connectivity index (χ1v) is 11.2. The molecule has 0 spiro atoms. The molecule has 3 rings (SSSR count). The van der Waals surface area contributed by atoms with E-state index in [0.29, 0.717) is 17.1 Å². The highest BCUT2D eigenvalue weighted by Gasteiger charge is 2.23. The number of nitrogens with one attached hydrogen (secondary N) is 2. The number of nitrogen functional groups attached to an aromatic ring is 1. The molecule has 0 radical (unpaired) electrons. The van der Waals surface area contributed by atoms with E-state index in [2.05, 4.69) is 30.5 Å². The molecule has 0 aliphatic rings. The van der Waals surface area contributed by atoms with E-state index in [1.165, 1.54) is 20.2 Å². The minimum absolute atomic E-state index is 0.0518. The summed E-state index contributed by atoms with van der Waals surface area (Å²) < 4.78 is 33.3. The fourth-order valence-corrected chi connectivity index (χ4v) is 3.47. The van der Waals surface area contributed by atoms with Crippen LogP contribution >= 0.6 is 0 Å². The smallest absolute Gasteiger partial charge is 0.232 e. The number of nitrogens with two attached hydrogens (primary N) is 1. The Labute approximate surface area is 209 Å². The van der Waals surface area contributed by atoms with Crippen molar-refractivity contribution in [3.8, 4) is 5.75 Å². The molecule has 0 saturated heterocycles. The molecule has 3 aromatic rings. The van der Waals surface area contributed by atoms with Crippen molar-refractivity contribution in [2.75, 3.05) is 62.6 Å². The number of hydrogen-bond acceptors (Lipinski definition) is 10. The average molecular weight is 503 g/mol. The highest BCUT2D eigenvalue weighted by molar-refractivity contribution is 5.79. The quantitative estimate of drug-likeness (QED) is 0.306. The molecule has 1 heterocycles. The fourth-order valence-electron chi connectivity index (χ4n) is 3.47. The van der Waals surface area contributed by atoms with E-state index in [-0.39, 0.29) is 23.1 Å². The van der Waals surface area contributed by atoms with Gasteiger partial charge >= 0.3 is 0 Å². The molecule has 0 unspecified atom stereocenters. The molecule has 36 heavy (non-hydrogen) atoms. The Hall–Kier alpha value is -3.77. The number of halogens is 2. The molecular weight excluding hydrogens is 470 g/mol. The van der Waals surface area contributed by atoms with E-state index in [4.69, 9.17) is 10.5 Å². The van der Waals surface area contributed by atoms with Gasteiger partial charge in [-0.15, -0.1) is 0 Å². The summed E-state index contributed by atoms with van der Waals surface area (Å²) in [4.78, 5) is 16.6. The highest BCUT2D eigenvalue weighted by Crippen LogP contribution is 2.36. The second-order valence-electron chi connectivity index (χ2n) is 9.09. The lowest BCUT2D eigenvalue weighted by atomic mass is 9.96. The molecule has 0 saturated carbocycles. The van der Waals surface area contributed by atoms with Gasteiger partial charge in [-0.25, -0.2) is 18.7 Å². The van der Waals surface area contributed by atoms with Crippen LogP contribution in [-0.2, 0) is 5.60 Å². The number of ether oxygens (including phenoxy) is 1. The van der Waals surface area contributed by atoms with Crippen LogP contribution in [0.1, 0.15) is 19.4 Å². The van der Waals surface area contributed by atoms with Gasteiger partial charge in [-0.1, -0.05) is 0 Å². The molecule has 10 nitrogen and oxygen atoms in total. The normalized spacial score (nSPS) is 11.5. The van der Waals surface area contributed by atoms with Crippen molar-refractivity contribution in [1.29, 1.82) is 0 Å². The first-order valence-electron chi connectivity index (χ1n) is 11.2. The molecule has 0 atom stereocenters. The molecule has 0 fully saturated rings. The summed E-state index contributed by atoms with van der Waals surface area (Å²) in [7, 11) is 7.50.